The van der Waals surface area contributed by atoms with Crippen LogP contribution in [0.3, 0.4) is 0 Å². The van der Waals surface area contributed by atoms with Gasteiger partial charge in [-0.3, -0.25) is 4.90 Å². The molecule has 1 aliphatic carbocycles. The predicted octanol–water partition coefficient (Wildman–Crippen LogP) is 10.3. The number of anilines is 1. The Morgan fingerprint density at radius 3 is 2.34 bits per heavy atom. The first-order valence-electron chi connectivity index (χ1n) is 19.5. The van der Waals surface area contributed by atoms with E-state index in [9.17, 15) is 0 Å². The zero-order valence-corrected chi connectivity index (χ0v) is 32.7. The molecule has 1 saturated heterocycles. The van der Waals surface area contributed by atoms with Crippen LogP contribution in [0.15, 0.2) is 114 Å². The van der Waals surface area contributed by atoms with E-state index in [1.165, 1.54) is 57.5 Å². The number of nitrogens with one attached hydrogen (secondary N) is 1. The highest BCUT2D eigenvalue weighted by atomic mass is 16.5. The molecular formula is C47H59N3O3. The molecule has 1 N–H and O–H groups in total. The van der Waals surface area contributed by atoms with Crippen molar-refractivity contribution in [3.05, 3.63) is 137 Å². The van der Waals surface area contributed by atoms with Crippen LogP contribution in [-0.4, -0.2) is 58.5 Å². The van der Waals surface area contributed by atoms with Crippen molar-refractivity contribution >= 4 is 11.3 Å². The fourth-order valence-corrected chi connectivity index (χ4v) is 7.58. The summed E-state index contributed by atoms with van der Waals surface area (Å²) in [6, 6.07) is 22.6. The van der Waals surface area contributed by atoms with Gasteiger partial charge in [-0.15, -0.1) is 0 Å². The maximum atomic E-state index is 5.84. The average Bonchev–Trinajstić information content (AvgIpc) is 4.04. The number of methoxy groups -OCH3 is 3. The fraction of sp³-hybridized carbons (Fsp3) is 0.404. The minimum Gasteiger partial charge on any atom is -0.497 e. The van der Waals surface area contributed by atoms with Crippen LogP contribution in [0.25, 0.3) is 5.57 Å². The molecule has 280 valence electrons. The van der Waals surface area contributed by atoms with E-state index >= 15 is 0 Å². The molecule has 0 aromatic heterocycles. The van der Waals surface area contributed by atoms with Gasteiger partial charge >= 0.3 is 0 Å². The van der Waals surface area contributed by atoms with Gasteiger partial charge in [0.1, 0.15) is 5.75 Å². The molecule has 0 amide bonds. The molecule has 6 nitrogen and oxygen atoms in total. The minimum atomic E-state index is 0.214. The summed E-state index contributed by atoms with van der Waals surface area (Å²) in [7, 11) is 5.22. The topological polar surface area (TPSA) is 46.2 Å². The third-order valence-electron chi connectivity index (χ3n) is 10.8. The lowest BCUT2D eigenvalue weighted by Gasteiger charge is -2.40. The van der Waals surface area contributed by atoms with Gasteiger partial charge in [0.25, 0.3) is 0 Å². The number of hydrogen-bond donors (Lipinski definition) is 1. The molecule has 1 saturated carbocycles. The van der Waals surface area contributed by atoms with Crippen molar-refractivity contribution < 1.29 is 14.2 Å². The summed E-state index contributed by atoms with van der Waals surface area (Å²) in [4.78, 5) is 5.25. The molecule has 0 radical (unpaired) electrons. The van der Waals surface area contributed by atoms with Crippen LogP contribution in [-0.2, 0) is 0 Å². The number of dihydropyridines is 1. The average molecular weight is 714 g/mol. The highest BCUT2D eigenvalue weighted by Gasteiger charge is 2.30. The minimum absolute atomic E-state index is 0.214. The highest BCUT2D eigenvalue weighted by molar-refractivity contribution is 5.71. The van der Waals surface area contributed by atoms with Crippen LogP contribution >= 0.6 is 0 Å². The molecule has 1 unspecified atom stereocenters. The lowest BCUT2D eigenvalue weighted by molar-refractivity contribution is 0.225. The van der Waals surface area contributed by atoms with Crippen molar-refractivity contribution in [3.8, 4) is 17.2 Å². The van der Waals surface area contributed by atoms with E-state index in [-0.39, 0.29) is 6.04 Å². The standard InChI is InChI=1S/C47H59N3O3/c1-7-8-9-10-11-36(28-35(3)40-30-44(38-16-17-38)47(53-6)46(31-40)52-5)33-50(41-18-20-43(51-4)21-19-41)42-23-26-49(27-24-42)32-37-22-25-48-45(29-37)39-14-12-34(2)13-15-39/h9-15,18-22,25,28-31,38,42,45,48H,7-8,16-17,23-24,26-27,32-33H2,1-6H3/b10-9-,35-28+,36-11+. The van der Waals surface area contributed by atoms with Gasteiger partial charge in [0.05, 0.1) is 27.4 Å². The Morgan fingerprint density at radius 1 is 0.925 bits per heavy atom. The van der Waals surface area contributed by atoms with Crippen molar-refractivity contribution in [1.82, 2.24) is 10.2 Å². The van der Waals surface area contributed by atoms with Crippen molar-refractivity contribution in [2.45, 2.75) is 77.3 Å². The number of nitrogens with zero attached hydrogens (tertiary/aromatic N) is 2. The van der Waals surface area contributed by atoms with Crippen molar-refractivity contribution in [2.75, 3.05) is 52.4 Å². The SMILES string of the molecule is CCC\C=C/C=C(\C=C(/C)c1cc(OC)c(OC)c(C2CC2)c1)CN(c1ccc(OC)cc1)C1CCN(CC2=CC(c3ccc(C)cc3)NC=C2)CC1. The Balaban J connectivity index is 1.23. The molecular weight excluding hydrogens is 655 g/mol. The van der Waals surface area contributed by atoms with Crippen LogP contribution in [0.5, 0.6) is 17.2 Å². The first-order chi connectivity index (χ1) is 25.9. The lowest BCUT2D eigenvalue weighted by atomic mass is 9.97. The monoisotopic (exact) mass is 713 g/mol. The Labute approximate surface area is 318 Å². The third-order valence-corrected chi connectivity index (χ3v) is 10.8. The summed E-state index contributed by atoms with van der Waals surface area (Å²) >= 11 is 0. The van der Waals surface area contributed by atoms with Gasteiger partial charge in [0.15, 0.2) is 11.5 Å². The van der Waals surface area contributed by atoms with Gasteiger partial charge in [-0.1, -0.05) is 73.6 Å². The molecule has 3 aromatic rings. The summed E-state index contributed by atoms with van der Waals surface area (Å²) in [5.74, 6) is 3.11. The van der Waals surface area contributed by atoms with Crippen LogP contribution in [0, 0.1) is 6.92 Å². The zero-order chi connectivity index (χ0) is 37.2. The molecule has 3 aromatic carbocycles. The number of piperidine rings is 1. The Bertz CT molecular complexity index is 1810. The lowest BCUT2D eigenvalue weighted by Crippen LogP contribution is -2.46. The largest absolute Gasteiger partial charge is 0.497 e. The summed E-state index contributed by atoms with van der Waals surface area (Å²) in [5, 5.41) is 3.54. The van der Waals surface area contributed by atoms with E-state index in [0.717, 1.165) is 69.1 Å². The molecule has 3 aliphatic rings. The van der Waals surface area contributed by atoms with E-state index in [1.54, 1.807) is 21.3 Å². The molecule has 1 atom stereocenters. The smallest absolute Gasteiger partial charge is 0.164 e. The Hall–Kier alpha value is -4.68. The summed E-state index contributed by atoms with van der Waals surface area (Å²) in [6.45, 7) is 10.5. The Kier molecular flexibility index (Phi) is 13.2. The normalized spacial score (nSPS) is 18.5. The zero-order valence-electron chi connectivity index (χ0n) is 32.7. The number of hydrogen-bond acceptors (Lipinski definition) is 6. The number of likely N-dealkylation sites (tertiary alicyclic amines) is 1. The van der Waals surface area contributed by atoms with Crippen LogP contribution in [0.2, 0.25) is 0 Å². The van der Waals surface area contributed by atoms with Gasteiger partial charge in [0.2, 0.25) is 0 Å². The molecule has 0 bridgehead atoms. The molecule has 2 heterocycles. The number of aryl methyl sites for hydroxylation is 1. The van der Waals surface area contributed by atoms with E-state index in [1.807, 2.05) is 0 Å². The second-order valence-corrected chi connectivity index (χ2v) is 14.8. The molecule has 6 heteroatoms. The van der Waals surface area contributed by atoms with Gasteiger partial charge < -0.3 is 24.4 Å². The van der Waals surface area contributed by atoms with Gasteiger partial charge in [-0.05, 0) is 128 Å². The van der Waals surface area contributed by atoms with E-state index in [4.69, 9.17) is 14.2 Å². The van der Waals surface area contributed by atoms with Crippen LogP contribution < -0.4 is 24.4 Å². The van der Waals surface area contributed by atoms with Crippen molar-refractivity contribution in [2.24, 2.45) is 0 Å². The van der Waals surface area contributed by atoms with Crippen LogP contribution in [0.4, 0.5) is 5.69 Å². The second kappa shape index (κ2) is 18.4. The fourth-order valence-electron chi connectivity index (χ4n) is 7.58. The maximum absolute atomic E-state index is 5.84. The number of allylic oxidation sites excluding steroid dienone is 4. The van der Waals surface area contributed by atoms with Crippen molar-refractivity contribution in [3.63, 3.8) is 0 Å². The Morgan fingerprint density at radius 2 is 1.68 bits per heavy atom. The number of benzene rings is 3. The third kappa shape index (κ3) is 10.1. The molecule has 2 fully saturated rings. The van der Waals surface area contributed by atoms with Gasteiger partial charge in [-0.2, -0.15) is 0 Å². The first kappa shape index (κ1) is 38.1. The van der Waals surface area contributed by atoms with E-state index in [2.05, 4.69) is 139 Å². The van der Waals surface area contributed by atoms with Gasteiger partial charge in [0, 0.05) is 43.5 Å². The number of unbranched alkanes of at least 4 members (excludes halogenated alkanes) is 1. The maximum Gasteiger partial charge on any atom is 0.164 e. The molecule has 6 rings (SSSR count). The van der Waals surface area contributed by atoms with E-state index < -0.39 is 0 Å². The van der Waals surface area contributed by atoms with Crippen molar-refractivity contribution in [1.29, 1.82) is 0 Å². The van der Waals surface area contributed by atoms with E-state index in [0.29, 0.717) is 12.0 Å². The first-order valence-corrected chi connectivity index (χ1v) is 19.5. The van der Waals surface area contributed by atoms with Gasteiger partial charge in [-0.25, -0.2) is 0 Å². The molecule has 2 aliphatic heterocycles. The predicted molar refractivity (Wildman–Crippen MR) is 221 cm³/mol. The molecule has 0 spiro atoms. The quantitative estimate of drug-likeness (QED) is 0.149. The summed E-state index contributed by atoms with van der Waals surface area (Å²) in [6.07, 6.45) is 22.8. The number of ether oxygens (including phenoxy) is 3. The summed E-state index contributed by atoms with van der Waals surface area (Å²) < 4.78 is 17.2. The van der Waals surface area contributed by atoms with Crippen LogP contribution in [0.1, 0.15) is 86.6 Å². The highest BCUT2D eigenvalue weighted by Crippen LogP contribution is 2.48. The molecule has 53 heavy (non-hydrogen) atoms. The second-order valence-electron chi connectivity index (χ2n) is 14.8. The summed E-state index contributed by atoms with van der Waals surface area (Å²) in [5.41, 5.74) is 10.1. The number of rotatable bonds is 16.